The van der Waals surface area contributed by atoms with Crippen LogP contribution in [0.25, 0.3) is 0 Å². The fourth-order valence-electron chi connectivity index (χ4n) is 3.45. The van der Waals surface area contributed by atoms with Gasteiger partial charge in [-0.05, 0) is 48.4 Å². The summed E-state index contributed by atoms with van der Waals surface area (Å²) in [7, 11) is -3.96. The van der Waals surface area contributed by atoms with Gasteiger partial charge in [-0.2, -0.15) is 0 Å². The third-order valence-electron chi connectivity index (χ3n) is 5.08. The summed E-state index contributed by atoms with van der Waals surface area (Å²) in [6.45, 7) is 1.86. The quantitative estimate of drug-likeness (QED) is 0.551. The lowest BCUT2D eigenvalue weighted by atomic mass is 10.1. The Balaban J connectivity index is 1.56. The highest BCUT2D eigenvalue weighted by Gasteiger charge is 2.23. The third kappa shape index (κ3) is 4.44. The minimum absolute atomic E-state index is 0.0237. The zero-order chi connectivity index (χ0) is 22.0. The minimum atomic E-state index is -3.96. The van der Waals surface area contributed by atoms with Gasteiger partial charge in [0, 0.05) is 5.69 Å². The molecular weight excluding hydrogens is 414 g/mol. The van der Waals surface area contributed by atoms with E-state index in [0.717, 1.165) is 5.56 Å². The fourth-order valence-corrected chi connectivity index (χ4v) is 4.58. The molecule has 3 N–H and O–H groups in total. The number of para-hydroxylation sites is 1. The van der Waals surface area contributed by atoms with E-state index in [9.17, 15) is 18.0 Å². The van der Waals surface area contributed by atoms with Crippen molar-refractivity contribution in [2.24, 2.45) is 0 Å². The molecule has 0 radical (unpaired) electrons. The van der Waals surface area contributed by atoms with Crippen molar-refractivity contribution in [3.8, 4) is 0 Å². The predicted octanol–water partition coefficient (Wildman–Crippen LogP) is 3.47. The molecule has 0 bridgehead atoms. The van der Waals surface area contributed by atoms with Gasteiger partial charge in [0.15, 0.2) is 0 Å². The largest absolute Gasteiger partial charge is 0.345 e. The van der Waals surface area contributed by atoms with Gasteiger partial charge in [0.05, 0.1) is 28.6 Å². The molecule has 1 heterocycles. The van der Waals surface area contributed by atoms with Gasteiger partial charge in [-0.15, -0.1) is 0 Å². The van der Waals surface area contributed by atoms with Crippen LogP contribution in [0, 0.1) is 0 Å². The second kappa shape index (κ2) is 8.23. The molecule has 1 unspecified atom stereocenters. The van der Waals surface area contributed by atoms with Crippen molar-refractivity contribution >= 4 is 33.2 Å². The molecule has 0 saturated heterocycles. The molecule has 2 amide bonds. The van der Waals surface area contributed by atoms with Gasteiger partial charge in [-0.25, -0.2) is 8.42 Å². The molecule has 8 heteroatoms. The molecule has 0 fully saturated rings. The molecule has 3 aromatic rings. The fraction of sp³-hybridized carbons (Fsp3) is 0.130. The number of benzene rings is 3. The van der Waals surface area contributed by atoms with Crippen molar-refractivity contribution in [1.29, 1.82) is 0 Å². The van der Waals surface area contributed by atoms with Gasteiger partial charge in [-0.3, -0.25) is 14.3 Å². The van der Waals surface area contributed by atoms with Crippen molar-refractivity contribution in [2.75, 3.05) is 10.0 Å². The van der Waals surface area contributed by atoms with Crippen LogP contribution < -0.4 is 15.4 Å². The maximum absolute atomic E-state index is 13.0. The zero-order valence-electron chi connectivity index (χ0n) is 16.8. The van der Waals surface area contributed by atoms with E-state index in [1.807, 2.05) is 37.3 Å². The van der Waals surface area contributed by atoms with E-state index >= 15 is 0 Å². The smallest absolute Gasteiger partial charge is 0.261 e. The number of carbonyl (C=O) groups excluding carboxylic acids is 2. The second-order valence-electron chi connectivity index (χ2n) is 7.30. The summed E-state index contributed by atoms with van der Waals surface area (Å²) in [5.74, 6) is -0.564. The normalized spacial score (nSPS) is 13.8. The summed E-state index contributed by atoms with van der Waals surface area (Å²) in [6, 6.07) is 20.1. The summed E-state index contributed by atoms with van der Waals surface area (Å²) >= 11 is 0. The topological polar surface area (TPSA) is 104 Å². The Hall–Kier alpha value is -3.65. The Kier molecular flexibility index (Phi) is 5.48. The van der Waals surface area contributed by atoms with Gasteiger partial charge >= 0.3 is 0 Å². The lowest BCUT2D eigenvalue weighted by molar-refractivity contribution is -0.115. The van der Waals surface area contributed by atoms with Crippen LogP contribution >= 0.6 is 0 Å². The maximum atomic E-state index is 13.0. The third-order valence-corrected chi connectivity index (χ3v) is 6.44. The van der Waals surface area contributed by atoms with Crippen LogP contribution in [0.1, 0.15) is 34.5 Å². The van der Waals surface area contributed by atoms with E-state index in [2.05, 4.69) is 15.4 Å². The number of fused-ring (bicyclic) bond motifs is 1. The van der Waals surface area contributed by atoms with Crippen LogP contribution in [0.5, 0.6) is 0 Å². The highest BCUT2D eigenvalue weighted by atomic mass is 32.2. The summed E-state index contributed by atoms with van der Waals surface area (Å²) in [6.07, 6.45) is 0.134. The Bertz CT molecular complexity index is 1260. The van der Waals surface area contributed by atoms with Crippen LogP contribution in [0.3, 0.4) is 0 Å². The number of nitrogens with one attached hydrogen (secondary N) is 3. The summed E-state index contributed by atoms with van der Waals surface area (Å²) in [4.78, 5) is 24.4. The first kappa shape index (κ1) is 20.6. The molecule has 4 rings (SSSR count). The molecule has 1 atom stereocenters. The van der Waals surface area contributed by atoms with Crippen molar-refractivity contribution in [3.63, 3.8) is 0 Å². The number of sulfonamides is 1. The first-order chi connectivity index (χ1) is 14.8. The van der Waals surface area contributed by atoms with Crippen LogP contribution in [-0.2, 0) is 21.2 Å². The molecule has 31 heavy (non-hydrogen) atoms. The van der Waals surface area contributed by atoms with E-state index in [-0.39, 0.29) is 34.5 Å². The van der Waals surface area contributed by atoms with Crippen LogP contribution in [-0.4, -0.2) is 20.2 Å². The number of hydrogen-bond acceptors (Lipinski definition) is 4. The number of amides is 2. The second-order valence-corrected chi connectivity index (χ2v) is 8.98. The van der Waals surface area contributed by atoms with Gasteiger partial charge < -0.3 is 10.6 Å². The number of anilines is 2. The van der Waals surface area contributed by atoms with Gasteiger partial charge in [0.25, 0.3) is 15.9 Å². The number of rotatable bonds is 6. The monoisotopic (exact) mass is 435 g/mol. The first-order valence-electron chi connectivity index (χ1n) is 9.74. The molecule has 0 aromatic heterocycles. The predicted molar refractivity (Wildman–Crippen MR) is 118 cm³/mol. The molecule has 0 spiro atoms. The standard InChI is InChI=1S/C23H21N3O4S/c1-15(16-7-3-2-4-8-16)24-23(28)19-9-5-6-10-21(19)26-31(29,30)18-11-12-20-17(13-18)14-22(27)25-20/h2-13,15,26H,14H2,1H3,(H,24,28)(H,25,27). The first-order valence-corrected chi connectivity index (χ1v) is 11.2. The molecule has 0 saturated carbocycles. The molecule has 0 aliphatic carbocycles. The minimum Gasteiger partial charge on any atom is -0.345 e. The van der Waals surface area contributed by atoms with E-state index < -0.39 is 15.9 Å². The maximum Gasteiger partial charge on any atom is 0.261 e. The zero-order valence-corrected chi connectivity index (χ0v) is 17.6. The number of carbonyl (C=O) groups is 2. The molecule has 7 nitrogen and oxygen atoms in total. The Labute approximate surface area is 180 Å². The van der Waals surface area contributed by atoms with E-state index in [4.69, 9.17) is 0 Å². The van der Waals surface area contributed by atoms with Crippen molar-refractivity contribution in [1.82, 2.24) is 5.32 Å². The summed E-state index contributed by atoms with van der Waals surface area (Å²) < 4.78 is 28.4. The van der Waals surface area contributed by atoms with Crippen molar-refractivity contribution in [3.05, 3.63) is 89.5 Å². The molecular formula is C23H21N3O4S. The lowest BCUT2D eigenvalue weighted by Gasteiger charge is -2.17. The molecule has 1 aliphatic heterocycles. The summed E-state index contributed by atoms with van der Waals surface area (Å²) in [5, 5.41) is 5.57. The molecule has 1 aliphatic rings. The summed E-state index contributed by atoms with van der Waals surface area (Å²) in [5.41, 5.74) is 2.56. The van der Waals surface area contributed by atoms with Gasteiger partial charge in [-0.1, -0.05) is 42.5 Å². The van der Waals surface area contributed by atoms with Gasteiger partial charge in [0.2, 0.25) is 5.91 Å². The Morgan fingerprint density at radius 1 is 1.00 bits per heavy atom. The molecule has 158 valence electrons. The average molecular weight is 436 g/mol. The molecule has 3 aromatic carbocycles. The number of hydrogen-bond donors (Lipinski definition) is 3. The Morgan fingerprint density at radius 3 is 2.48 bits per heavy atom. The lowest BCUT2D eigenvalue weighted by Crippen LogP contribution is -2.28. The van der Waals surface area contributed by atoms with E-state index in [1.54, 1.807) is 24.3 Å². The highest BCUT2D eigenvalue weighted by Crippen LogP contribution is 2.27. The van der Waals surface area contributed by atoms with E-state index in [1.165, 1.54) is 18.2 Å². The SMILES string of the molecule is CC(NC(=O)c1ccccc1NS(=O)(=O)c1ccc2c(c1)CC(=O)N2)c1ccccc1. The highest BCUT2D eigenvalue weighted by molar-refractivity contribution is 7.92. The van der Waals surface area contributed by atoms with Gasteiger partial charge in [0.1, 0.15) is 0 Å². The van der Waals surface area contributed by atoms with Crippen LogP contribution in [0.4, 0.5) is 11.4 Å². The van der Waals surface area contributed by atoms with E-state index in [0.29, 0.717) is 11.3 Å². The van der Waals surface area contributed by atoms with Crippen molar-refractivity contribution in [2.45, 2.75) is 24.3 Å². The van der Waals surface area contributed by atoms with Crippen molar-refractivity contribution < 1.29 is 18.0 Å². The average Bonchev–Trinajstić information content (AvgIpc) is 3.13. The Morgan fingerprint density at radius 2 is 1.71 bits per heavy atom. The van der Waals surface area contributed by atoms with Crippen LogP contribution in [0.2, 0.25) is 0 Å². The van der Waals surface area contributed by atoms with Crippen LogP contribution in [0.15, 0.2) is 77.7 Å².